The van der Waals surface area contributed by atoms with Crippen molar-refractivity contribution >= 4 is 34.3 Å². The fourth-order valence-electron chi connectivity index (χ4n) is 3.37. The number of allylic oxidation sites excluding steroid dienone is 1. The van der Waals surface area contributed by atoms with Gasteiger partial charge in [0.2, 0.25) is 0 Å². The van der Waals surface area contributed by atoms with Crippen molar-refractivity contribution in [2.45, 2.75) is 13.5 Å². The van der Waals surface area contributed by atoms with Gasteiger partial charge in [0.1, 0.15) is 24.3 Å². The number of rotatable bonds is 7. The molecular weight excluding hydrogens is 438 g/mol. The smallest absolute Gasteiger partial charge is 0.180 e. The normalized spacial score (nSPS) is 11.3. The van der Waals surface area contributed by atoms with Gasteiger partial charge >= 0.3 is 0 Å². The van der Waals surface area contributed by atoms with Crippen molar-refractivity contribution in [3.63, 3.8) is 0 Å². The maximum atomic E-state index is 9.75. The number of fused-ring (bicyclic) bond motifs is 1. The monoisotopic (exact) mass is 459 g/mol. The lowest BCUT2D eigenvalue weighted by atomic mass is 10.1. The van der Waals surface area contributed by atoms with Crippen LogP contribution in [0.4, 0.5) is 0 Å². The van der Waals surface area contributed by atoms with Crippen molar-refractivity contribution < 1.29 is 14.2 Å². The number of nitrogens with one attached hydrogen (secondary N) is 1. The molecule has 0 bridgehead atoms. The van der Waals surface area contributed by atoms with Gasteiger partial charge in [-0.15, -0.1) is 0 Å². The van der Waals surface area contributed by atoms with E-state index in [9.17, 15) is 5.26 Å². The highest BCUT2D eigenvalue weighted by Gasteiger charge is 2.14. The molecule has 7 heteroatoms. The Hall–Kier alpha value is -3.95. The number of hydrogen-bond donors (Lipinski definition) is 1. The number of imidazole rings is 1. The van der Waals surface area contributed by atoms with E-state index in [4.69, 9.17) is 25.8 Å². The lowest BCUT2D eigenvalue weighted by Gasteiger charge is -2.13. The predicted octanol–water partition coefficient (Wildman–Crippen LogP) is 6.19. The minimum atomic E-state index is 0.358. The lowest BCUT2D eigenvalue weighted by molar-refractivity contribution is 0.284. The van der Waals surface area contributed by atoms with Gasteiger partial charge in [0, 0.05) is 6.07 Å². The number of halogens is 1. The number of nitriles is 1. The van der Waals surface area contributed by atoms with Crippen LogP contribution in [0.2, 0.25) is 5.02 Å². The van der Waals surface area contributed by atoms with Crippen LogP contribution in [0.25, 0.3) is 22.7 Å². The molecule has 1 aromatic heterocycles. The summed E-state index contributed by atoms with van der Waals surface area (Å²) in [6.07, 6.45) is 1.70. The summed E-state index contributed by atoms with van der Waals surface area (Å²) in [5.74, 6) is 2.09. The summed E-state index contributed by atoms with van der Waals surface area (Å²) in [7, 11) is 3.15. The summed E-state index contributed by atoms with van der Waals surface area (Å²) in [4.78, 5) is 7.68. The first-order valence-corrected chi connectivity index (χ1v) is 10.6. The molecule has 33 heavy (non-hydrogen) atoms. The third kappa shape index (κ3) is 4.94. The molecule has 0 amide bonds. The van der Waals surface area contributed by atoms with Gasteiger partial charge in [-0.3, -0.25) is 0 Å². The molecule has 6 nitrogen and oxygen atoms in total. The van der Waals surface area contributed by atoms with Crippen molar-refractivity contribution in [1.82, 2.24) is 9.97 Å². The standard InChI is InChI=1S/C26H22ClN3O3/c1-16-4-6-17(7-5-16)15-33-25-21(27)11-18(12-24(25)32-3)10-19(14-28)26-29-22-9-8-20(31-2)13-23(22)30-26/h4-13H,15H2,1-3H3,(H,29,30)/b19-10-. The molecule has 1 heterocycles. The molecule has 3 aromatic carbocycles. The van der Waals surface area contributed by atoms with Gasteiger partial charge in [0.25, 0.3) is 0 Å². The quantitative estimate of drug-likeness (QED) is 0.333. The molecule has 4 rings (SSSR count). The second-order valence-corrected chi connectivity index (χ2v) is 7.85. The number of aromatic amines is 1. The van der Waals surface area contributed by atoms with Crippen molar-refractivity contribution in [2.75, 3.05) is 14.2 Å². The lowest BCUT2D eigenvalue weighted by Crippen LogP contribution is -1.99. The molecule has 4 aromatic rings. The molecule has 0 aliphatic heterocycles. The second-order valence-electron chi connectivity index (χ2n) is 7.45. The molecule has 0 radical (unpaired) electrons. The van der Waals surface area contributed by atoms with Gasteiger partial charge in [0.05, 0.1) is 35.8 Å². The third-order valence-corrected chi connectivity index (χ3v) is 5.41. The average molecular weight is 460 g/mol. The van der Waals surface area contributed by atoms with Gasteiger partial charge in [-0.1, -0.05) is 41.4 Å². The molecule has 0 unspecified atom stereocenters. The predicted molar refractivity (Wildman–Crippen MR) is 130 cm³/mol. The first kappa shape index (κ1) is 22.3. The largest absolute Gasteiger partial charge is 0.497 e. The van der Waals surface area contributed by atoms with Crippen LogP contribution in [0.5, 0.6) is 17.2 Å². The van der Waals surface area contributed by atoms with Crippen LogP contribution < -0.4 is 14.2 Å². The zero-order valence-electron chi connectivity index (χ0n) is 18.5. The minimum absolute atomic E-state index is 0.358. The first-order valence-electron chi connectivity index (χ1n) is 10.2. The number of nitrogens with zero attached hydrogens (tertiary/aromatic N) is 2. The number of aromatic nitrogens is 2. The summed E-state index contributed by atoms with van der Waals surface area (Å²) >= 11 is 6.52. The highest BCUT2D eigenvalue weighted by molar-refractivity contribution is 6.32. The van der Waals surface area contributed by atoms with Crippen LogP contribution in [0.15, 0.2) is 54.6 Å². The zero-order chi connectivity index (χ0) is 23.4. The Morgan fingerprint density at radius 1 is 1.09 bits per heavy atom. The van der Waals surface area contributed by atoms with Crippen LogP contribution >= 0.6 is 11.6 Å². The van der Waals surface area contributed by atoms with Gasteiger partial charge in [-0.2, -0.15) is 5.26 Å². The Morgan fingerprint density at radius 2 is 1.88 bits per heavy atom. The molecule has 1 N–H and O–H groups in total. The third-order valence-electron chi connectivity index (χ3n) is 5.13. The van der Waals surface area contributed by atoms with E-state index in [1.807, 2.05) is 49.4 Å². The molecule has 0 aliphatic carbocycles. The number of benzene rings is 3. The molecule has 0 atom stereocenters. The molecule has 166 valence electrons. The summed E-state index contributed by atoms with van der Waals surface area (Å²) in [5.41, 5.74) is 4.77. The van der Waals surface area contributed by atoms with Crippen LogP contribution in [-0.4, -0.2) is 24.2 Å². The van der Waals surface area contributed by atoms with Crippen LogP contribution in [0.1, 0.15) is 22.5 Å². The summed E-state index contributed by atoms with van der Waals surface area (Å²) < 4.78 is 16.7. The van der Waals surface area contributed by atoms with E-state index in [1.165, 1.54) is 5.56 Å². The van der Waals surface area contributed by atoms with E-state index < -0.39 is 0 Å². The van der Waals surface area contributed by atoms with E-state index in [-0.39, 0.29) is 0 Å². The Kier molecular flexibility index (Phi) is 6.53. The summed E-state index contributed by atoms with van der Waals surface area (Å²) in [6, 6.07) is 19.3. The Morgan fingerprint density at radius 3 is 2.58 bits per heavy atom. The minimum Gasteiger partial charge on any atom is -0.497 e. The molecular formula is C26H22ClN3O3. The fourth-order valence-corrected chi connectivity index (χ4v) is 3.64. The van der Waals surface area contributed by atoms with Gasteiger partial charge < -0.3 is 19.2 Å². The van der Waals surface area contributed by atoms with E-state index in [1.54, 1.807) is 32.4 Å². The fraction of sp³-hybridized carbons (Fsp3) is 0.154. The molecule has 0 saturated carbocycles. The van der Waals surface area contributed by atoms with Gasteiger partial charge in [0.15, 0.2) is 11.5 Å². The van der Waals surface area contributed by atoms with Crippen LogP contribution in [0, 0.1) is 18.3 Å². The first-order chi connectivity index (χ1) is 16.0. The maximum absolute atomic E-state index is 9.75. The van der Waals surface area contributed by atoms with E-state index in [2.05, 4.69) is 16.0 Å². The molecule has 0 spiro atoms. The number of H-pyrrole nitrogens is 1. The van der Waals surface area contributed by atoms with Gasteiger partial charge in [-0.05, 0) is 48.4 Å². The topological polar surface area (TPSA) is 80.2 Å². The van der Waals surface area contributed by atoms with Crippen molar-refractivity contribution in [3.8, 4) is 23.3 Å². The van der Waals surface area contributed by atoms with E-state index in [0.717, 1.165) is 16.6 Å². The second kappa shape index (κ2) is 9.68. The van der Waals surface area contributed by atoms with Crippen molar-refractivity contribution in [3.05, 3.63) is 82.1 Å². The number of aryl methyl sites for hydroxylation is 1. The van der Waals surface area contributed by atoms with Crippen molar-refractivity contribution in [1.29, 1.82) is 5.26 Å². The van der Waals surface area contributed by atoms with E-state index >= 15 is 0 Å². The Bertz CT molecular complexity index is 1370. The number of methoxy groups -OCH3 is 2. The van der Waals surface area contributed by atoms with Crippen LogP contribution in [-0.2, 0) is 6.61 Å². The summed E-state index contributed by atoms with van der Waals surface area (Å²) in [5, 5.41) is 10.1. The Labute approximate surface area is 197 Å². The maximum Gasteiger partial charge on any atom is 0.180 e. The average Bonchev–Trinajstić information content (AvgIpc) is 3.25. The van der Waals surface area contributed by atoms with Crippen LogP contribution in [0.3, 0.4) is 0 Å². The Balaban J connectivity index is 1.63. The molecule has 0 fully saturated rings. The highest BCUT2D eigenvalue weighted by atomic mass is 35.5. The summed E-state index contributed by atoms with van der Waals surface area (Å²) in [6.45, 7) is 2.39. The number of ether oxygens (including phenoxy) is 3. The van der Waals surface area contributed by atoms with Gasteiger partial charge in [-0.25, -0.2) is 4.98 Å². The van der Waals surface area contributed by atoms with Crippen molar-refractivity contribution in [2.24, 2.45) is 0 Å². The highest BCUT2D eigenvalue weighted by Crippen LogP contribution is 2.38. The van der Waals surface area contributed by atoms with E-state index in [0.29, 0.717) is 45.8 Å². The number of hydrogen-bond acceptors (Lipinski definition) is 5. The zero-order valence-corrected chi connectivity index (χ0v) is 19.2. The molecule has 0 aliphatic rings. The SMILES string of the molecule is COc1ccc2nc(/C(C#N)=C\c3cc(Cl)c(OCc4ccc(C)cc4)c(OC)c3)[nH]c2c1. The molecule has 0 saturated heterocycles.